The number of methoxy groups -OCH3 is 1. The summed E-state index contributed by atoms with van der Waals surface area (Å²) in [6.07, 6.45) is 0. The first-order valence-electron chi connectivity index (χ1n) is 4.29. The highest BCUT2D eigenvalue weighted by Gasteiger charge is 2.23. The number of hydrogen-bond donors (Lipinski definition) is 1. The van der Waals surface area contributed by atoms with Crippen molar-refractivity contribution in [3.63, 3.8) is 0 Å². The Labute approximate surface area is 87.8 Å². The topological polar surface area (TPSA) is 67.8 Å². The van der Waals surface area contributed by atoms with Crippen LogP contribution in [0.1, 0.15) is 6.92 Å². The molecule has 0 saturated heterocycles. The van der Waals surface area contributed by atoms with Gasteiger partial charge < -0.3 is 10.1 Å². The molecule has 1 heterocycles. The largest absolute Gasteiger partial charge is 0.497 e. The van der Waals surface area contributed by atoms with Crippen molar-refractivity contribution in [3.8, 4) is 5.75 Å². The number of fused-ring (bicyclic) bond motifs is 1. The van der Waals surface area contributed by atoms with E-state index < -0.39 is 10.0 Å². The molecular weight excluding hydrogens is 216 g/mol. The minimum absolute atomic E-state index is 0.146. The third-order valence-electron chi connectivity index (χ3n) is 2.04. The molecule has 1 aromatic carbocycles. The van der Waals surface area contributed by atoms with E-state index in [1.807, 2.05) is 0 Å². The van der Waals surface area contributed by atoms with Crippen LogP contribution in [0.2, 0.25) is 0 Å². The number of rotatable bonds is 1. The van der Waals surface area contributed by atoms with Gasteiger partial charge in [-0.3, -0.25) is 0 Å². The molecule has 0 radical (unpaired) electrons. The maximum atomic E-state index is 11.7. The maximum absolute atomic E-state index is 11.7. The molecule has 15 heavy (non-hydrogen) atoms. The Hall–Kier alpha value is -1.56. The minimum atomic E-state index is -3.58. The van der Waals surface area contributed by atoms with E-state index in [9.17, 15) is 8.42 Å². The molecule has 0 saturated carbocycles. The maximum Gasteiger partial charge on any atom is 0.286 e. The predicted octanol–water partition coefficient (Wildman–Crippen LogP) is 1.23. The summed E-state index contributed by atoms with van der Waals surface area (Å²) in [6, 6.07) is 4.80. The molecule has 0 atom stereocenters. The molecule has 1 aromatic rings. The molecule has 0 spiro atoms. The zero-order chi connectivity index (χ0) is 11.1. The lowest BCUT2D eigenvalue weighted by Crippen LogP contribution is -2.18. The minimum Gasteiger partial charge on any atom is -0.497 e. The van der Waals surface area contributed by atoms with E-state index in [0.29, 0.717) is 17.3 Å². The van der Waals surface area contributed by atoms with Gasteiger partial charge in [0, 0.05) is 6.07 Å². The van der Waals surface area contributed by atoms with Gasteiger partial charge in [-0.25, -0.2) is 0 Å². The predicted molar refractivity (Wildman–Crippen MR) is 56.9 cm³/mol. The fraction of sp³-hybridized carbons (Fsp3) is 0.222. The number of anilines is 1. The molecule has 0 fully saturated rings. The standard InChI is InChI=1S/C9H10N2O3S/c1-6-10-8-4-3-7(14-2)5-9(8)15(12,13)11-6/h3-5H,1-2H3,(H,10,11). The van der Waals surface area contributed by atoms with Gasteiger partial charge in [0.05, 0.1) is 12.8 Å². The van der Waals surface area contributed by atoms with Gasteiger partial charge in [-0.2, -0.15) is 8.42 Å². The van der Waals surface area contributed by atoms with Crippen LogP contribution < -0.4 is 10.1 Å². The van der Waals surface area contributed by atoms with Crippen LogP contribution in [0.5, 0.6) is 5.75 Å². The Morgan fingerprint density at radius 3 is 2.80 bits per heavy atom. The van der Waals surface area contributed by atoms with E-state index in [2.05, 4.69) is 9.71 Å². The molecule has 2 rings (SSSR count). The highest BCUT2D eigenvalue weighted by atomic mass is 32.2. The molecule has 0 aliphatic carbocycles. The van der Waals surface area contributed by atoms with Crippen LogP contribution in [0.25, 0.3) is 0 Å². The summed E-state index contributed by atoms with van der Waals surface area (Å²) in [5.41, 5.74) is 0.531. The van der Waals surface area contributed by atoms with Crippen LogP contribution in [0, 0.1) is 0 Å². The molecule has 1 aliphatic heterocycles. The van der Waals surface area contributed by atoms with Gasteiger partial charge in [-0.1, -0.05) is 0 Å². The summed E-state index contributed by atoms with van der Waals surface area (Å²) in [7, 11) is -2.09. The lowest BCUT2D eigenvalue weighted by atomic mass is 10.3. The van der Waals surface area contributed by atoms with Crippen molar-refractivity contribution in [1.29, 1.82) is 0 Å². The van der Waals surface area contributed by atoms with Crippen LogP contribution >= 0.6 is 0 Å². The first-order chi connectivity index (χ1) is 7.03. The number of hydrogen-bond acceptors (Lipinski definition) is 4. The van der Waals surface area contributed by atoms with Gasteiger partial charge in [-0.15, -0.1) is 4.40 Å². The number of sulfonamides is 1. The molecular formula is C9H10N2O3S. The lowest BCUT2D eigenvalue weighted by Gasteiger charge is -2.16. The Morgan fingerprint density at radius 2 is 2.13 bits per heavy atom. The Morgan fingerprint density at radius 1 is 1.40 bits per heavy atom. The summed E-state index contributed by atoms with van der Waals surface area (Å²) in [6.45, 7) is 1.60. The van der Waals surface area contributed by atoms with Crippen molar-refractivity contribution >= 4 is 21.5 Å². The molecule has 6 heteroatoms. The van der Waals surface area contributed by atoms with Crippen molar-refractivity contribution in [1.82, 2.24) is 0 Å². The second-order valence-electron chi connectivity index (χ2n) is 3.14. The highest BCUT2D eigenvalue weighted by molar-refractivity contribution is 7.90. The fourth-order valence-corrected chi connectivity index (χ4v) is 2.56. The van der Waals surface area contributed by atoms with Crippen LogP contribution in [0.4, 0.5) is 5.69 Å². The van der Waals surface area contributed by atoms with Gasteiger partial charge in [0.15, 0.2) is 0 Å². The number of amidine groups is 1. The number of benzene rings is 1. The molecule has 80 valence electrons. The summed E-state index contributed by atoms with van der Waals surface area (Å²) in [5.74, 6) is 0.863. The number of nitrogens with zero attached hydrogens (tertiary/aromatic N) is 1. The average molecular weight is 226 g/mol. The van der Waals surface area contributed by atoms with Gasteiger partial charge in [-0.05, 0) is 19.1 Å². The van der Waals surface area contributed by atoms with Gasteiger partial charge in [0.2, 0.25) is 0 Å². The van der Waals surface area contributed by atoms with Crippen molar-refractivity contribution < 1.29 is 13.2 Å². The zero-order valence-corrected chi connectivity index (χ0v) is 9.13. The molecule has 0 bridgehead atoms. The Bertz CT molecular complexity index is 534. The van der Waals surface area contributed by atoms with E-state index >= 15 is 0 Å². The lowest BCUT2D eigenvalue weighted by molar-refractivity contribution is 0.413. The summed E-state index contributed by atoms with van der Waals surface area (Å²) in [4.78, 5) is 0.146. The van der Waals surface area contributed by atoms with Gasteiger partial charge >= 0.3 is 0 Å². The highest BCUT2D eigenvalue weighted by Crippen LogP contribution is 2.30. The molecule has 0 aromatic heterocycles. The van der Waals surface area contributed by atoms with Crippen LogP contribution in [-0.2, 0) is 10.0 Å². The molecule has 1 aliphatic rings. The van der Waals surface area contributed by atoms with E-state index in [0.717, 1.165) is 0 Å². The SMILES string of the molecule is COc1ccc2c(c1)S(=O)(=O)N=C(C)N2. The fourth-order valence-electron chi connectivity index (χ4n) is 1.39. The Balaban J connectivity index is 2.65. The number of nitrogens with one attached hydrogen (secondary N) is 1. The van der Waals surface area contributed by atoms with Crippen LogP contribution in [-0.4, -0.2) is 21.4 Å². The van der Waals surface area contributed by atoms with Crippen molar-refractivity contribution in [2.24, 2.45) is 4.40 Å². The van der Waals surface area contributed by atoms with E-state index in [1.165, 1.54) is 13.2 Å². The zero-order valence-electron chi connectivity index (χ0n) is 8.31. The third kappa shape index (κ3) is 1.68. The first-order valence-corrected chi connectivity index (χ1v) is 5.73. The summed E-state index contributed by atoms with van der Waals surface area (Å²) in [5, 5.41) is 2.88. The first kappa shape index (κ1) is 9.97. The van der Waals surface area contributed by atoms with Crippen LogP contribution in [0.15, 0.2) is 27.5 Å². The summed E-state index contributed by atoms with van der Waals surface area (Å²) < 4.78 is 31.9. The monoisotopic (exact) mass is 226 g/mol. The number of ether oxygens (including phenoxy) is 1. The quantitative estimate of drug-likeness (QED) is 0.782. The van der Waals surface area contributed by atoms with E-state index in [1.54, 1.807) is 19.1 Å². The van der Waals surface area contributed by atoms with E-state index in [-0.39, 0.29) is 4.90 Å². The van der Waals surface area contributed by atoms with E-state index in [4.69, 9.17) is 4.74 Å². The molecule has 1 N–H and O–H groups in total. The average Bonchev–Trinajstić information content (AvgIpc) is 2.16. The third-order valence-corrected chi connectivity index (χ3v) is 3.45. The normalized spacial score (nSPS) is 17.3. The van der Waals surface area contributed by atoms with Crippen LogP contribution in [0.3, 0.4) is 0 Å². The van der Waals surface area contributed by atoms with Crippen molar-refractivity contribution in [2.75, 3.05) is 12.4 Å². The Kier molecular flexibility index (Phi) is 2.15. The smallest absolute Gasteiger partial charge is 0.286 e. The summed E-state index contributed by atoms with van der Waals surface area (Å²) >= 11 is 0. The van der Waals surface area contributed by atoms with Gasteiger partial charge in [0.25, 0.3) is 10.0 Å². The van der Waals surface area contributed by atoms with Crippen molar-refractivity contribution in [3.05, 3.63) is 18.2 Å². The molecule has 0 amide bonds. The molecule has 5 nitrogen and oxygen atoms in total. The second-order valence-corrected chi connectivity index (χ2v) is 4.71. The van der Waals surface area contributed by atoms with Crippen molar-refractivity contribution in [2.45, 2.75) is 11.8 Å². The molecule has 0 unspecified atom stereocenters. The second kappa shape index (κ2) is 3.23. The van der Waals surface area contributed by atoms with Gasteiger partial charge in [0.1, 0.15) is 16.5 Å².